The summed E-state index contributed by atoms with van der Waals surface area (Å²) < 4.78 is 0. The van der Waals surface area contributed by atoms with Crippen LogP contribution in [0.3, 0.4) is 0 Å². The minimum absolute atomic E-state index is 0. The summed E-state index contributed by atoms with van der Waals surface area (Å²) in [4.78, 5) is 0. The number of aromatic hydroxyl groups is 3. The molecular formula is C25H22BrO3P. The molecule has 3 N–H and O–H groups in total. The summed E-state index contributed by atoms with van der Waals surface area (Å²) in [6, 6.07) is 34.1. The second-order valence-electron chi connectivity index (χ2n) is 6.92. The standard InChI is InChI=1S/C25H21O3P.BrH/c26-23-17-16-19(24(27)25(23)28)18-29(20-10-4-1-5-11-20,21-12-6-2-7-13-21)22-14-8-3-9-15-22;/h1-17H,18H2,(H2-,26,27,28);1H. The molecule has 0 spiro atoms. The quantitative estimate of drug-likeness (QED) is 0.298. The maximum Gasteiger partial charge on any atom is 0.200 e. The van der Waals surface area contributed by atoms with Crippen LogP contribution in [0.25, 0.3) is 0 Å². The molecule has 0 bridgehead atoms. The normalized spacial score (nSPS) is 10.9. The van der Waals surface area contributed by atoms with Crippen molar-refractivity contribution in [3.05, 3.63) is 109 Å². The van der Waals surface area contributed by atoms with E-state index < -0.39 is 13.0 Å². The fourth-order valence-electron chi connectivity index (χ4n) is 3.76. The average molecular weight is 481 g/mol. The zero-order valence-corrected chi connectivity index (χ0v) is 18.7. The Balaban J connectivity index is 0.00000256. The van der Waals surface area contributed by atoms with Crippen molar-refractivity contribution in [2.24, 2.45) is 0 Å². The van der Waals surface area contributed by atoms with Gasteiger partial charge >= 0.3 is 0 Å². The van der Waals surface area contributed by atoms with Gasteiger partial charge in [0.2, 0.25) is 5.75 Å². The molecule has 0 amide bonds. The summed E-state index contributed by atoms with van der Waals surface area (Å²) in [6.07, 6.45) is 0.519. The Morgan fingerprint density at radius 1 is 0.500 bits per heavy atom. The molecule has 152 valence electrons. The molecule has 0 aliphatic heterocycles. The van der Waals surface area contributed by atoms with E-state index in [1.54, 1.807) is 6.07 Å². The first-order chi connectivity index (χ1) is 14.1. The summed E-state index contributed by atoms with van der Waals surface area (Å²) in [5.41, 5.74) is 0.602. The summed E-state index contributed by atoms with van der Waals surface area (Å²) in [5.74, 6) is -1.07. The molecule has 0 saturated heterocycles. The third-order valence-electron chi connectivity index (χ3n) is 5.21. The van der Waals surface area contributed by atoms with Crippen LogP contribution in [-0.2, 0) is 6.16 Å². The fraction of sp³-hybridized carbons (Fsp3) is 0.0400. The molecule has 0 heterocycles. The second-order valence-corrected chi connectivity index (χ2v) is 10.4. The lowest BCUT2D eigenvalue weighted by molar-refractivity contribution is -0.00000819. The van der Waals surface area contributed by atoms with Crippen LogP contribution in [0.15, 0.2) is 103 Å². The van der Waals surface area contributed by atoms with Gasteiger partial charge in [-0.1, -0.05) is 54.6 Å². The van der Waals surface area contributed by atoms with Crippen LogP contribution in [0.4, 0.5) is 0 Å². The molecule has 30 heavy (non-hydrogen) atoms. The zero-order valence-electron chi connectivity index (χ0n) is 16.2. The molecule has 4 aromatic rings. The molecule has 0 unspecified atom stereocenters. The largest absolute Gasteiger partial charge is 1.00 e. The summed E-state index contributed by atoms with van der Waals surface area (Å²) in [6.45, 7) is 0. The lowest BCUT2D eigenvalue weighted by atomic mass is 10.2. The molecule has 0 aliphatic rings. The van der Waals surface area contributed by atoms with Crippen molar-refractivity contribution in [3.8, 4) is 17.2 Å². The summed E-state index contributed by atoms with van der Waals surface area (Å²) in [7, 11) is -2.19. The van der Waals surface area contributed by atoms with Crippen LogP contribution in [0.2, 0.25) is 0 Å². The van der Waals surface area contributed by atoms with Crippen molar-refractivity contribution in [3.63, 3.8) is 0 Å². The molecule has 0 aromatic heterocycles. The Bertz CT molecular complexity index is 1010. The van der Waals surface area contributed by atoms with Crippen LogP contribution in [-0.4, -0.2) is 15.3 Å². The number of hydrogen-bond acceptors (Lipinski definition) is 3. The molecule has 3 nitrogen and oxygen atoms in total. The minimum atomic E-state index is -2.19. The van der Waals surface area contributed by atoms with Gasteiger partial charge in [0.05, 0.1) is 0 Å². The average Bonchev–Trinajstić information content (AvgIpc) is 2.79. The van der Waals surface area contributed by atoms with Gasteiger partial charge in [0.25, 0.3) is 0 Å². The van der Waals surface area contributed by atoms with E-state index in [-0.39, 0.29) is 28.5 Å². The van der Waals surface area contributed by atoms with Gasteiger partial charge in [0.15, 0.2) is 11.5 Å². The number of rotatable bonds is 5. The van der Waals surface area contributed by atoms with E-state index in [1.165, 1.54) is 22.0 Å². The second kappa shape index (κ2) is 9.34. The Morgan fingerprint density at radius 2 is 0.900 bits per heavy atom. The van der Waals surface area contributed by atoms with Gasteiger partial charge in [0.1, 0.15) is 29.3 Å². The highest BCUT2D eigenvalue weighted by atomic mass is 79.9. The van der Waals surface area contributed by atoms with Gasteiger partial charge in [-0.3, -0.25) is 0 Å². The fourth-order valence-corrected chi connectivity index (χ4v) is 8.01. The first-order valence-electron chi connectivity index (χ1n) is 9.40. The van der Waals surface area contributed by atoms with Gasteiger partial charge in [-0.15, -0.1) is 0 Å². The molecular weight excluding hydrogens is 459 g/mol. The SMILES string of the molecule is Oc1ccc(C[P+](c2ccccc2)(c2ccccc2)c2ccccc2)c(O)c1O.[Br-]. The number of phenols is 3. The van der Waals surface area contributed by atoms with Crippen LogP contribution in [0.1, 0.15) is 5.56 Å². The van der Waals surface area contributed by atoms with E-state index in [4.69, 9.17) is 0 Å². The Labute approximate surface area is 187 Å². The van der Waals surface area contributed by atoms with E-state index in [1.807, 2.05) is 54.6 Å². The Morgan fingerprint density at radius 3 is 1.30 bits per heavy atom. The third kappa shape index (κ3) is 3.94. The maximum absolute atomic E-state index is 10.6. The lowest BCUT2D eigenvalue weighted by Gasteiger charge is -2.28. The van der Waals surface area contributed by atoms with Gasteiger partial charge in [-0.25, -0.2) is 0 Å². The number of halogens is 1. The van der Waals surface area contributed by atoms with Crippen LogP contribution in [0.5, 0.6) is 17.2 Å². The van der Waals surface area contributed by atoms with E-state index in [9.17, 15) is 15.3 Å². The Hall–Kier alpha value is -2.81. The lowest BCUT2D eigenvalue weighted by Crippen LogP contribution is -3.00. The number of hydrogen-bond donors (Lipinski definition) is 3. The van der Waals surface area contributed by atoms with E-state index >= 15 is 0 Å². The molecule has 0 fully saturated rings. The maximum atomic E-state index is 10.6. The van der Waals surface area contributed by atoms with E-state index in [0.717, 1.165) is 0 Å². The minimum Gasteiger partial charge on any atom is -1.00 e. The third-order valence-corrected chi connectivity index (χ3v) is 9.57. The highest BCUT2D eigenvalue weighted by molar-refractivity contribution is 7.95. The molecule has 0 saturated carbocycles. The van der Waals surface area contributed by atoms with Crippen LogP contribution >= 0.6 is 7.26 Å². The molecule has 0 radical (unpaired) electrons. The van der Waals surface area contributed by atoms with Crippen molar-refractivity contribution >= 4 is 23.2 Å². The van der Waals surface area contributed by atoms with Gasteiger partial charge in [-0.2, -0.15) is 0 Å². The van der Waals surface area contributed by atoms with Crippen LogP contribution in [0, 0.1) is 0 Å². The van der Waals surface area contributed by atoms with Gasteiger partial charge in [0, 0.05) is 5.56 Å². The van der Waals surface area contributed by atoms with Crippen molar-refractivity contribution in [1.82, 2.24) is 0 Å². The monoisotopic (exact) mass is 480 g/mol. The topological polar surface area (TPSA) is 60.7 Å². The molecule has 4 rings (SSSR count). The van der Waals surface area contributed by atoms with Crippen LogP contribution < -0.4 is 32.9 Å². The van der Waals surface area contributed by atoms with Crippen molar-refractivity contribution in [2.75, 3.05) is 0 Å². The molecule has 0 atom stereocenters. The van der Waals surface area contributed by atoms with E-state index in [2.05, 4.69) is 36.4 Å². The highest BCUT2D eigenvalue weighted by Crippen LogP contribution is 2.59. The molecule has 0 aliphatic carbocycles. The molecule has 5 heteroatoms. The van der Waals surface area contributed by atoms with Crippen molar-refractivity contribution in [2.45, 2.75) is 6.16 Å². The first-order valence-corrected chi connectivity index (χ1v) is 11.4. The van der Waals surface area contributed by atoms with Crippen molar-refractivity contribution < 1.29 is 32.3 Å². The van der Waals surface area contributed by atoms with Crippen molar-refractivity contribution in [1.29, 1.82) is 0 Å². The summed E-state index contributed by atoms with van der Waals surface area (Å²) >= 11 is 0. The smallest absolute Gasteiger partial charge is 0.200 e. The van der Waals surface area contributed by atoms with Gasteiger partial charge < -0.3 is 32.3 Å². The predicted molar refractivity (Wildman–Crippen MR) is 120 cm³/mol. The summed E-state index contributed by atoms with van der Waals surface area (Å²) in [5, 5.41) is 34.0. The first kappa shape index (κ1) is 21.9. The predicted octanol–water partition coefficient (Wildman–Crippen LogP) is 1.30. The Kier molecular flexibility index (Phi) is 6.81. The highest BCUT2D eigenvalue weighted by Gasteiger charge is 2.46. The zero-order chi connectivity index (χ0) is 20.3. The number of benzene rings is 4. The number of phenolic OH excluding ortho intramolecular Hbond substituents is 3. The van der Waals surface area contributed by atoms with E-state index in [0.29, 0.717) is 11.7 Å². The molecule has 4 aromatic carbocycles. The van der Waals surface area contributed by atoms with Gasteiger partial charge in [-0.05, 0) is 48.5 Å².